The van der Waals surface area contributed by atoms with Crippen molar-refractivity contribution in [3.05, 3.63) is 52.8 Å². The van der Waals surface area contributed by atoms with Gasteiger partial charge < -0.3 is 0 Å². The van der Waals surface area contributed by atoms with E-state index in [1.165, 1.54) is 0 Å². The number of nitrogens with zero attached hydrogens (tertiary/aromatic N) is 3. The molecule has 0 atom stereocenters. The number of rotatable bonds is 2. The van der Waals surface area contributed by atoms with Crippen LogP contribution in [-0.4, -0.2) is 9.78 Å². The number of aryl methyl sites for hydroxylation is 2. The third-order valence-electron chi connectivity index (χ3n) is 2.56. The number of nitriles is 1. The van der Waals surface area contributed by atoms with Crippen molar-refractivity contribution in [1.82, 2.24) is 9.78 Å². The molecule has 2 aromatic rings. The first kappa shape index (κ1) is 10.4. The maximum atomic E-state index is 8.99. The van der Waals surface area contributed by atoms with Crippen LogP contribution in [0, 0.1) is 25.2 Å². The topological polar surface area (TPSA) is 41.6 Å². The number of aromatic nitrogens is 2. The van der Waals surface area contributed by atoms with E-state index in [2.05, 4.69) is 11.2 Å². The van der Waals surface area contributed by atoms with Crippen LogP contribution in [0.4, 0.5) is 0 Å². The molecule has 1 heterocycles. The highest BCUT2D eigenvalue weighted by Gasteiger charge is 2.05. The van der Waals surface area contributed by atoms with Crippen LogP contribution in [0.25, 0.3) is 0 Å². The summed E-state index contributed by atoms with van der Waals surface area (Å²) in [7, 11) is 0. The van der Waals surface area contributed by atoms with E-state index in [1.54, 1.807) is 0 Å². The molecule has 1 aromatic carbocycles. The van der Waals surface area contributed by atoms with Crippen LogP contribution in [0.5, 0.6) is 0 Å². The fourth-order valence-electron chi connectivity index (χ4n) is 1.76. The van der Waals surface area contributed by atoms with E-state index >= 15 is 0 Å². The van der Waals surface area contributed by atoms with Gasteiger partial charge in [-0.05, 0) is 31.5 Å². The predicted molar refractivity (Wildman–Crippen MR) is 62.0 cm³/mol. The highest BCUT2D eigenvalue weighted by molar-refractivity contribution is 5.37. The summed E-state index contributed by atoms with van der Waals surface area (Å²) >= 11 is 0. The van der Waals surface area contributed by atoms with E-state index in [4.69, 9.17) is 5.26 Å². The molecule has 80 valence electrons. The molecule has 0 radical (unpaired) electrons. The summed E-state index contributed by atoms with van der Waals surface area (Å²) in [6, 6.07) is 11.9. The normalized spacial score (nSPS) is 10.1. The van der Waals surface area contributed by atoms with Gasteiger partial charge in [0.05, 0.1) is 23.9 Å². The van der Waals surface area contributed by atoms with Crippen molar-refractivity contribution in [1.29, 1.82) is 5.26 Å². The molecule has 0 bridgehead atoms. The zero-order chi connectivity index (χ0) is 11.5. The molecule has 3 heteroatoms. The van der Waals surface area contributed by atoms with Gasteiger partial charge in [0.25, 0.3) is 0 Å². The lowest BCUT2D eigenvalue weighted by Crippen LogP contribution is -2.05. The second-order valence-electron chi connectivity index (χ2n) is 3.85. The van der Waals surface area contributed by atoms with Gasteiger partial charge in [0.15, 0.2) is 0 Å². The Kier molecular flexibility index (Phi) is 2.74. The quantitative estimate of drug-likeness (QED) is 0.765. The second kappa shape index (κ2) is 4.19. The molecule has 0 aliphatic carbocycles. The summed E-state index contributed by atoms with van der Waals surface area (Å²) in [4.78, 5) is 0. The smallest absolute Gasteiger partial charge is 0.0995 e. The molecule has 0 fully saturated rings. The molecule has 1 aromatic heterocycles. The molecule has 16 heavy (non-hydrogen) atoms. The summed E-state index contributed by atoms with van der Waals surface area (Å²) in [5, 5.41) is 13.4. The Labute approximate surface area is 94.9 Å². The Hall–Kier alpha value is -2.08. The molecule has 0 aliphatic heterocycles. The maximum absolute atomic E-state index is 8.99. The summed E-state index contributed by atoms with van der Waals surface area (Å²) in [6.07, 6.45) is 0. The molecule has 0 aliphatic rings. The van der Waals surface area contributed by atoms with Crippen molar-refractivity contribution in [3.8, 4) is 6.07 Å². The second-order valence-corrected chi connectivity index (χ2v) is 3.85. The Morgan fingerprint density at radius 1 is 1.31 bits per heavy atom. The SMILES string of the molecule is Cc1cc(C)n(Cc2ccccc2C#N)n1. The molecule has 0 amide bonds. The van der Waals surface area contributed by atoms with E-state index in [9.17, 15) is 0 Å². The van der Waals surface area contributed by atoms with Crippen LogP contribution < -0.4 is 0 Å². The standard InChI is InChI=1S/C13H13N3/c1-10-7-11(2)16(15-10)9-13-6-4-3-5-12(13)8-14/h3-7H,9H2,1-2H3. The Morgan fingerprint density at radius 3 is 2.69 bits per heavy atom. The maximum Gasteiger partial charge on any atom is 0.0995 e. The van der Waals surface area contributed by atoms with Crippen LogP contribution in [0.3, 0.4) is 0 Å². The van der Waals surface area contributed by atoms with Gasteiger partial charge in [-0.3, -0.25) is 4.68 Å². The van der Waals surface area contributed by atoms with Crippen LogP contribution in [0.15, 0.2) is 30.3 Å². The lowest BCUT2D eigenvalue weighted by Gasteiger charge is -2.05. The molecule has 0 unspecified atom stereocenters. The lowest BCUT2D eigenvalue weighted by molar-refractivity contribution is 0.658. The van der Waals surface area contributed by atoms with Crippen LogP contribution in [0.2, 0.25) is 0 Å². The summed E-state index contributed by atoms with van der Waals surface area (Å²) in [5.74, 6) is 0. The minimum Gasteiger partial charge on any atom is -0.265 e. The first-order chi connectivity index (χ1) is 7.70. The van der Waals surface area contributed by atoms with Crippen molar-refractivity contribution < 1.29 is 0 Å². The molecular weight excluding hydrogens is 198 g/mol. The van der Waals surface area contributed by atoms with Gasteiger partial charge in [-0.2, -0.15) is 10.4 Å². The molecule has 2 rings (SSSR count). The van der Waals surface area contributed by atoms with Gasteiger partial charge in [0.2, 0.25) is 0 Å². The number of hydrogen-bond donors (Lipinski definition) is 0. The monoisotopic (exact) mass is 211 g/mol. The van der Waals surface area contributed by atoms with Crippen LogP contribution in [0.1, 0.15) is 22.5 Å². The minimum atomic E-state index is 0.656. The van der Waals surface area contributed by atoms with Crippen molar-refractivity contribution in [2.75, 3.05) is 0 Å². The number of hydrogen-bond acceptors (Lipinski definition) is 2. The van der Waals surface area contributed by atoms with Crippen molar-refractivity contribution in [3.63, 3.8) is 0 Å². The molecule has 0 saturated heterocycles. The van der Waals surface area contributed by atoms with Crippen LogP contribution >= 0.6 is 0 Å². The van der Waals surface area contributed by atoms with Gasteiger partial charge in [-0.1, -0.05) is 18.2 Å². The highest BCUT2D eigenvalue weighted by Crippen LogP contribution is 2.11. The van der Waals surface area contributed by atoms with Crippen molar-refractivity contribution >= 4 is 0 Å². The molecule has 0 spiro atoms. The average Bonchev–Trinajstić information content (AvgIpc) is 2.58. The van der Waals surface area contributed by atoms with E-state index in [0.29, 0.717) is 6.54 Å². The van der Waals surface area contributed by atoms with E-state index in [0.717, 1.165) is 22.5 Å². The average molecular weight is 211 g/mol. The Morgan fingerprint density at radius 2 is 2.06 bits per heavy atom. The Balaban J connectivity index is 2.34. The molecule has 0 saturated carbocycles. The molecular formula is C13H13N3. The van der Waals surface area contributed by atoms with Gasteiger partial charge in [0, 0.05) is 5.69 Å². The Bertz CT molecular complexity index is 547. The van der Waals surface area contributed by atoms with E-state index < -0.39 is 0 Å². The first-order valence-corrected chi connectivity index (χ1v) is 5.20. The van der Waals surface area contributed by atoms with Crippen molar-refractivity contribution in [2.24, 2.45) is 0 Å². The van der Waals surface area contributed by atoms with Crippen LogP contribution in [-0.2, 0) is 6.54 Å². The number of benzene rings is 1. The molecule has 3 nitrogen and oxygen atoms in total. The lowest BCUT2D eigenvalue weighted by atomic mass is 10.1. The van der Waals surface area contributed by atoms with Gasteiger partial charge in [-0.25, -0.2) is 0 Å². The van der Waals surface area contributed by atoms with E-state index in [1.807, 2.05) is 48.9 Å². The van der Waals surface area contributed by atoms with Crippen molar-refractivity contribution in [2.45, 2.75) is 20.4 Å². The zero-order valence-corrected chi connectivity index (χ0v) is 9.44. The third kappa shape index (κ3) is 1.96. The van der Waals surface area contributed by atoms with Gasteiger partial charge in [0.1, 0.15) is 0 Å². The largest absolute Gasteiger partial charge is 0.265 e. The predicted octanol–water partition coefficient (Wildman–Crippen LogP) is 2.42. The summed E-state index contributed by atoms with van der Waals surface area (Å²) in [5.41, 5.74) is 3.85. The fourth-order valence-corrected chi connectivity index (χ4v) is 1.76. The van der Waals surface area contributed by atoms with Gasteiger partial charge in [-0.15, -0.1) is 0 Å². The molecule has 0 N–H and O–H groups in total. The summed E-state index contributed by atoms with van der Waals surface area (Å²) in [6.45, 7) is 4.65. The minimum absolute atomic E-state index is 0.656. The van der Waals surface area contributed by atoms with E-state index in [-0.39, 0.29) is 0 Å². The first-order valence-electron chi connectivity index (χ1n) is 5.20. The van der Waals surface area contributed by atoms with Gasteiger partial charge >= 0.3 is 0 Å². The summed E-state index contributed by atoms with van der Waals surface area (Å²) < 4.78 is 1.92. The fraction of sp³-hybridized carbons (Fsp3) is 0.231. The highest BCUT2D eigenvalue weighted by atomic mass is 15.3. The third-order valence-corrected chi connectivity index (χ3v) is 2.56. The zero-order valence-electron chi connectivity index (χ0n) is 9.44.